The molecule has 0 saturated heterocycles. The van der Waals surface area contributed by atoms with Gasteiger partial charge < -0.3 is 16.8 Å². The summed E-state index contributed by atoms with van der Waals surface area (Å²) >= 11 is 0. The molecule has 0 atom stereocenters. The third-order valence-electron chi connectivity index (χ3n) is 3.72. The molecule has 2 aromatic rings. The van der Waals surface area contributed by atoms with E-state index >= 15 is 0 Å². The average molecular weight is 267 g/mol. The van der Waals surface area contributed by atoms with Crippen LogP contribution in [-0.4, -0.2) is 11.9 Å². The zero-order chi connectivity index (χ0) is 14.1. The van der Waals surface area contributed by atoms with Gasteiger partial charge in [-0.1, -0.05) is 24.3 Å². The van der Waals surface area contributed by atoms with Crippen molar-refractivity contribution in [2.24, 2.45) is 5.73 Å². The number of rotatable bonds is 3. The third kappa shape index (κ3) is 2.32. The largest absolute Gasteiger partial charge is 0.399 e. The number of nitrogen functional groups attached to an aromatic ring is 1. The molecule has 20 heavy (non-hydrogen) atoms. The first-order chi connectivity index (χ1) is 9.63. The van der Waals surface area contributed by atoms with Crippen molar-refractivity contribution in [1.82, 2.24) is 0 Å². The molecule has 0 spiro atoms. The quantitative estimate of drug-likeness (QED) is 0.743. The van der Waals surface area contributed by atoms with Crippen molar-refractivity contribution in [3.63, 3.8) is 0 Å². The van der Waals surface area contributed by atoms with Crippen LogP contribution in [0.4, 0.5) is 11.4 Å². The number of carbonyl (C=O) groups is 1. The van der Waals surface area contributed by atoms with Gasteiger partial charge in [-0.3, -0.25) is 4.79 Å². The number of fused-ring (bicyclic) bond motifs is 1. The lowest BCUT2D eigenvalue weighted by Crippen LogP contribution is -2.23. The maximum Gasteiger partial charge on any atom is 0.250 e. The lowest BCUT2D eigenvalue weighted by Gasteiger charge is -2.16. The van der Waals surface area contributed by atoms with Crippen molar-refractivity contribution in [3.05, 3.63) is 59.2 Å². The van der Waals surface area contributed by atoms with Crippen LogP contribution in [0.5, 0.6) is 0 Å². The zero-order valence-electron chi connectivity index (χ0n) is 11.1. The van der Waals surface area contributed by atoms with Crippen LogP contribution in [0, 0.1) is 0 Å². The van der Waals surface area contributed by atoms with Gasteiger partial charge in [-0.2, -0.15) is 0 Å². The van der Waals surface area contributed by atoms with Crippen molar-refractivity contribution in [1.29, 1.82) is 0 Å². The Morgan fingerprint density at radius 1 is 1.10 bits per heavy atom. The minimum absolute atomic E-state index is 0.286. The van der Waals surface area contributed by atoms with E-state index in [1.807, 2.05) is 6.07 Å². The van der Waals surface area contributed by atoms with Crippen molar-refractivity contribution >= 4 is 17.3 Å². The Labute approximate surface area is 117 Å². The van der Waals surface area contributed by atoms with Gasteiger partial charge in [-0.05, 0) is 42.2 Å². The standard InChI is InChI=1S/C16H17N3O/c17-12-5-6-15(14(9-12)16(18)20)19-13-7-10-3-1-2-4-11(10)8-13/h1-6,9,13,19H,7-8,17H2,(H2,18,20). The number of anilines is 2. The van der Waals surface area contributed by atoms with Gasteiger partial charge in [-0.25, -0.2) is 0 Å². The van der Waals surface area contributed by atoms with E-state index in [4.69, 9.17) is 11.5 Å². The number of nitrogens with two attached hydrogens (primary N) is 2. The molecule has 3 rings (SSSR count). The molecule has 4 nitrogen and oxygen atoms in total. The topological polar surface area (TPSA) is 81.1 Å². The highest BCUT2D eigenvalue weighted by Gasteiger charge is 2.22. The fourth-order valence-corrected chi connectivity index (χ4v) is 2.77. The highest BCUT2D eigenvalue weighted by atomic mass is 16.1. The van der Waals surface area contributed by atoms with Crippen LogP contribution < -0.4 is 16.8 Å². The third-order valence-corrected chi connectivity index (χ3v) is 3.72. The minimum Gasteiger partial charge on any atom is -0.399 e. The molecule has 0 unspecified atom stereocenters. The van der Waals surface area contributed by atoms with Gasteiger partial charge in [0, 0.05) is 17.4 Å². The van der Waals surface area contributed by atoms with Gasteiger partial charge in [0.15, 0.2) is 0 Å². The molecule has 0 aromatic heterocycles. The highest BCUT2D eigenvalue weighted by molar-refractivity contribution is 5.99. The molecule has 0 fully saturated rings. The summed E-state index contributed by atoms with van der Waals surface area (Å²) in [6.45, 7) is 0. The zero-order valence-corrected chi connectivity index (χ0v) is 11.1. The minimum atomic E-state index is -0.463. The van der Waals surface area contributed by atoms with E-state index in [1.165, 1.54) is 11.1 Å². The predicted octanol–water partition coefficient (Wildman–Crippen LogP) is 1.95. The molecule has 102 valence electrons. The smallest absolute Gasteiger partial charge is 0.250 e. The summed E-state index contributed by atoms with van der Waals surface area (Å²) in [5, 5.41) is 3.41. The number of hydrogen-bond acceptors (Lipinski definition) is 3. The van der Waals surface area contributed by atoms with Crippen LogP contribution in [0.25, 0.3) is 0 Å². The molecule has 1 aliphatic carbocycles. The Morgan fingerprint density at radius 2 is 1.75 bits per heavy atom. The number of benzene rings is 2. The second-order valence-electron chi connectivity index (χ2n) is 5.19. The van der Waals surface area contributed by atoms with E-state index < -0.39 is 5.91 Å². The number of hydrogen-bond donors (Lipinski definition) is 3. The van der Waals surface area contributed by atoms with Crippen LogP contribution in [0.3, 0.4) is 0 Å². The Bertz CT molecular complexity index is 642. The summed E-state index contributed by atoms with van der Waals surface area (Å²) in [5.74, 6) is -0.463. The number of amides is 1. The van der Waals surface area contributed by atoms with Crippen molar-refractivity contribution in [2.75, 3.05) is 11.1 Å². The molecular weight excluding hydrogens is 250 g/mol. The van der Waals surface area contributed by atoms with E-state index in [1.54, 1.807) is 12.1 Å². The average Bonchev–Trinajstić information content (AvgIpc) is 2.82. The lowest BCUT2D eigenvalue weighted by molar-refractivity contribution is 0.100. The van der Waals surface area contributed by atoms with Gasteiger partial charge in [-0.15, -0.1) is 0 Å². The first-order valence-corrected chi connectivity index (χ1v) is 6.66. The summed E-state index contributed by atoms with van der Waals surface area (Å²) < 4.78 is 0. The van der Waals surface area contributed by atoms with E-state index in [2.05, 4.69) is 29.6 Å². The first-order valence-electron chi connectivity index (χ1n) is 6.66. The number of primary amides is 1. The predicted molar refractivity (Wildman–Crippen MR) is 80.6 cm³/mol. The molecule has 2 aromatic carbocycles. The molecule has 0 saturated carbocycles. The van der Waals surface area contributed by atoms with E-state index in [0.717, 1.165) is 18.5 Å². The molecule has 0 aliphatic heterocycles. The van der Waals surface area contributed by atoms with Crippen LogP contribution >= 0.6 is 0 Å². The first kappa shape index (κ1) is 12.5. The van der Waals surface area contributed by atoms with Crippen molar-refractivity contribution in [2.45, 2.75) is 18.9 Å². The van der Waals surface area contributed by atoms with Gasteiger partial charge in [0.25, 0.3) is 5.91 Å². The molecule has 1 amide bonds. The normalized spacial score (nSPS) is 14.0. The Kier molecular flexibility index (Phi) is 3.06. The van der Waals surface area contributed by atoms with Crippen molar-refractivity contribution < 1.29 is 4.79 Å². The van der Waals surface area contributed by atoms with Gasteiger partial charge in [0.05, 0.1) is 5.56 Å². The van der Waals surface area contributed by atoms with Crippen LogP contribution in [0.2, 0.25) is 0 Å². The fraction of sp³-hybridized carbons (Fsp3) is 0.188. The Morgan fingerprint density at radius 3 is 2.35 bits per heavy atom. The van der Waals surface area contributed by atoms with Crippen LogP contribution in [0.15, 0.2) is 42.5 Å². The van der Waals surface area contributed by atoms with Crippen LogP contribution in [-0.2, 0) is 12.8 Å². The highest BCUT2D eigenvalue weighted by Crippen LogP contribution is 2.26. The summed E-state index contributed by atoms with van der Waals surface area (Å²) in [6.07, 6.45) is 1.91. The molecule has 1 aliphatic rings. The Hall–Kier alpha value is -2.49. The number of carbonyl (C=O) groups excluding carboxylic acids is 1. The number of nitrogens with one attached hydrogen (secondary N) is 1. The maximum absolute atomic E-state index is 11.5. The van der Waals surface area contributed by atoms with Gasteiger partial charge in [0.1, 0.15) is 0 Å². The second kappa shape index (κ2) is 4.89. The maximum atomic E-state index is 11.5. The SMILES string of the molecule is NC(=O)c1cc(N)ccc1NC1Cc2ccccc2C1. The summed E-state index contributed by atoms with van der Waals surface area (Å²) in [7, 11) is 0. The van der Waals surface area contributed by atoms with E-state index in [-0.39, 0.29) is 6.04 Å². The summed E-state index contributed by atoms with van der Waals surface area (Å²) in [4.78, 5) is 11.5. The monoisotopic (exact) mass is 267 g/mol. The molecule has 4 heteroatoms. The van der Waals surface area contributed by atoms with E-state index in [9.17, 15) is 4.79 Å². The van der Waals surface area contributed by atoms with Gasteiger partial charge >= 0.3 is 0 Å². The summed E-state index contributed by atoms with van der Waals surface area (Å²) in [5.41, 5.74) is 15.6. The van der Waals surface area contributed by atoms with E-state index in [0.29, 0.717) is 11.3 Å². The fourth-order valence-electron chi connectivity index (χ4n) is 2.77. The molecule has 0 radical (unpaired) electrons. The van der Waals surface area contributed by atoms with Crippen LogP contribution in [0.1, 0.15) is 21.5 Å². The molecular formula is C16H17N3O. The molecule has 5 N–H and O–H groups in total. The lowest BCUT2D eigenvalue weighted by atomic mass is 10.1. The second-order valence-corrected chi connectivity index (χ2v) is 5.19. The van der Waals surface area contributed by atoms with Crippen molar-refractivity contribution in [3.8, 4) is 0 Å². The van der Waals surface area contributed by atoms with Gasteiger partial charge in [0.2, 0.25) is 0 Å². The molecule has 0 bridgehead atoms. The Balaban J connectivity index is 1.82. The molecule has 0 heterocycles. The summed E-state index contributed by atoms with van der Waals surface area (Å²) in [6, 6.07) is 13.9.